The van der Waals surface area contributed by atoms with E-state index in [0.717, 1.165) is 11.1 Å². The van der Waals surface area contributed by atoms with Crippen LogP contribution in [0.3, 0.4) is 0 Å². The van der Waals surface area contributed by atoms with Gasteiger partial charge in [-0.15, -0.1) is 0 Å². The molecule has 0 unspecified atom stereocenters. The van der Waals surface area contributed by atoms with E-state index < -0.39 is 0 Å². The van der Waals surface area contributed by atoms with Crippen LogP contribution in [0.2, 0.25) is 0 Å². The molecule has 2 N–H and O–H groups in total. The maximum Gasteiger partial charge on any atom is 0.196 e. The average Bonchev–Trinajstić information content (AvgIpc) is 2.46. The van der Waals surface area contributed by atoms with E-state index in [-0.39, 0.29) is 34.7 Å². The van der Waals surface area contributed by atoms with Crippen LogP contribution in [0.25, 0.3) is 0 Å². The standard InChI is InChI=1S/C19H22O3/c1-11(2)15-9-13(10-16(12(3)4)19(15)22)18(21)14-7-5-6-8-17(14)20/h5-12,20,22H,1-4H3. The lowest BCUT2D eigenvalue weighted by atomic mass is 9.89. The van der Waals surface area contributed by atoms with E-state index >= 15 is 0 Å². The minimum atomic E-state index is -0.234. The Bertz CT molecular complexity index is 671. The molecule has 2 aromatic carbocycles. The summed E-state index contributed by atoms with van der Waals surface area (Å²) in [7, 11) is 0. The molecule has 3 nitrogen and oxygen atoms in total. The van der Waals surface area contributed by atoms with E-state index in [1.807, 2.05) is 27.7 Å². The zero-order valence-corrected chi connectivity index (χ0v) is 13.4. The van der Waals surface area contributed by atoms with E-state index in [0.29, 0.717) is 5.56 Å². The first-order valence-electron chi connectivity index (χ1n) is 7.52. The summed E-state index contributed by atoms with van der Waals surface area (Å²) >= 11 is 0. The Balaban J connectivity index is 2.61. The highest BCUT2D eigenvalue weighted by atomic mass is 16.3. The Hall–Kier alpha value is -2.29. The third-order valence-corrected chi connectivity index (χ3v) is 3.82. The van der Waals surface area contributed by atoms with Gasteiger partial charge in [-0.3, -0.25) is 4.79 Å². The largest absolute Gasteiger partial charge is 0.507 e. The topological polar surface area (TPSA) is 57.5 Å². The number of rotatable bonds is 4. The van der Waals surface area contributed by atoms with Gasteiger partial charge in [0.05, 0.1) is 5.56 Å². The molecule has 3 heteroatoms. The highest BCUT2D eigenvalue weighted by Crippen LogP contribution is 2.35. The van der Waals surface area contributed by atoms with Crippen molar-refractivity contribution in [3.8, 4) is 11.5 Å². The van der Waals surface area contributed by atoms with Gasteiger partial charge in [0, 0.05) is 5.56 Å². The number of ketones is 1. The normalized spacial score (nSPS) is 11.2. The van der Waals surface area contributed by atoms with Crippen molar-refractivity contribution < 1.29 is 15.0 Å². The van der Waals surface area contributed by atoms with Crippen LogP contribution in [-0.2, 0) is 0 Å². The van der Waals surface area contributed by atoms with Crippen molar-refractivity contribution in [1.29, 1.82) is 0 Å². The van der Waals surface area contributed by atoms with E-state index in [9.17, 15) is 15.0 Å². The molecule has 0 aliphatic rings. The predicted octanol–water partition coefficient (Wildman–Crippen LogP) is 4.58. The lowest BCUT2D eigenvalue weighted by Gasteiger charge is -2.17. The SMILES string of the molecule is CC(C)c1cc(C(=O)c2ccccc2O)cc(C(C)C)c1O. The monoisotopic (exact) mass is 298 g/mol. The van der Waals surface area contributed by atoms with Gasteiger partial charge in [-0.2, -0.15) is 0 Å². The van der Waals surface area contributed by atoms with Crippen molar-refractivity contribution in [2.45, 2.75) is 39.5 Å². The Morgan fingerprint density at radius 3 is 1.86 bits per heavy atom. The minimum absolute atomic E-state index is 0.0298. The van der Waals surface area contributed by atoms with E-state index in [2.05, 4.69) is 0 Å². The van der Waals surface area contributed by atoms with Crippen LogP contribution in [0.1, 0.15) is 66.6 Å². The molecule has 0 fully saturated rings. The van der Waals surface area contributed by atoms with Crippen molar-refractivity contribution >= 4 is 5.78 Å². The minimum Gasteiger partial charge on any atom is -0.507 e. The van der Waals surface area contributed by atoms with Crippen LogP contribution in [0, 0.1) is 0 Å². The van der Waals surface area contributed by atoms with E-state index in [1.165, 1.54) is 6.07 Å². The molecule has 2 aromatic rings. The molecule has 0 saturated carbocycles. The fraction of sp³-hybridized carbons (Fsp3) is 0.316. The molecule has 0 aliphatic carbocycles. The number of hydrogen-bond donors (Lipinski definition) is 2. The molecular formula is C19H22O3. The quantitative estimate of drug-likeness (QED) is 0.813. The molecule has 0 atom stereocenters. The highest BCUT2D eigenvalue weighted by Gasteiger charge is 2.20. The summed E-state index contributed by atoms with van der Waals surface area (Å²) in [5, 5.41) is 20.3. The number of phenols is 2. The second kappa shape index (κ2) is 6.22. The van der Waals surface area contributed by atoms with Gasteiger partial charge in [0.25, 0.3) is 0 Å². The molecule has 116 valence electrons. The molecule has 0 aliphatic heterocycles. The van der Waals surface area contributed by atoms with Gasteiger partial charge in [-0.25, -0.2) is 0 Å². The number of carbonyl (C=O) groups excluding carboxylic acids is 1. The second-order valence-corrected chi connectivity index (χ2v) is 6.16. The van der Waals surface area contributed by atoms with Crippen LogP contribution in [0.15, 0.2) is 36.4 Å². The number of hydrogen-bond acceptors (Lipinski definition) is 3. The summed E-state index contributed by atoms with van der Waals surface area (Å²) in [5.41, 5.74) is 2.28. The fourth-order valence-corrected chi connectivity index (χ4v) is 2.51. The maximum atomic E-state index is 12.7. The van der Waals surface area contributed by atoms with Crippen LogP contribution >= 0.6 is 0 Å². The van der Waals surface area contributed by atoms with Crippen molar-refractivity contribution in [1.82, 2.24) is 0 Å². The van der Waals surface area contributed by atoms with E-state index in [1.54, 1.807) is 30.3 Å². The van der Waals surface area contributed by atoms with Gasteiger partial charge < -0.3 is 10.2 Å². The predicted molar refractivity (Wildman–Crippen MR) is 87.8 cm³/mol. The first-order valence-corrected chi connectivity index (χ1v) is 7.52. The van der Waals surface area contributed by atoms with Crippen molar-refractivity contribution in [2.24, 2.45) is 0 Å². The summed E-state index contributed by atoms with van der Waals surface area (Å²) in [6.07, 6.45) is 0. The zero-order chi connectivity index (χ0) is 16.4. The summed E-state index contributed by atoms with van der Waals surface area (Å²) in [6.45, 7) is 7.92. The van der Waals surface area contributed by atoms with Gasteiger partial charge >= 0.3 is 0 Å². The summed E-state index contributed by atoms with van der Waals surface area (Å²) < 4.78 is 0. The van der Waals surface area contributed by atoms with Crippen LogP contribution in [-0.4, -0.2) is 16.0 Å². The number of benzene rings is 2. The summed E-state index contributed by atoms with van der Waals surface area (Å²) in [5.74, 6) is 0.211. The number of phenolic OH excluding ortho intramolecular Hbond substituents is 2. The molecule has 0 aromatic heterocycles. The zero-order valence-electron chi connectivity index (χ0n) is 13.4. The maximum absolute atomic E-state index is 12.7. The molecule has 0 amide bonds. The fourth-order valence-electron chi connectivity index (χ4n) is 2.51. The lowest BCUT2D eigenvalue weighted by molar-refractivity contribution is 0.103. The summed E-state index contributed by atoms with van der Waals surface area (Å²) in [6, 6.07) is 9.96. The van der Waals surface area contributed by atoms with Gasteiger partial charge in [0.2, 0.25) is 0 Å². The Morgan fingerprint density at radius 2 is 1.41 bits per heavy atom. The van der Waals surface area contributed by atoms with Crippen molar-refractivity contribution in [2.75, 3.05) is 0 Å². The molecular weight excluding hydrogens is 276 g/mol. The second-order valence-electron chi connectivity index (χ2n) is 6.16. The average molecular weight is 298 g/mol. The Labute approximate surface area is 131 Å². The number of aromatic hydroxyl groups is 2. The summed E-state index contributed by atoms with van der Waals surface area (Å²) in [4.78, 5) is 12.7. The number of carbonyl (C=O) groups is 1. The molecule has 0 bridgehead atoms. The molecule has 0 saturated heterocycles. The van der Waals surface area contributed by atoms with E-state index in [4.69, 9.17) is 0 Å². The third kappa shape index (κ3) is 2.98. The van der Waals surface area contributed by atoms with Gasteiger partial charge in [0.15, 0.2) is 5.78 Å². The van der Waals surface area contributed by atoms with Gasteiger partial charge in [0.1, 0.15) is 11.5 Å². The molecule has 22 heavy (non-hydrogen) atoms. The molecule has 2 rings (SSSR count). The first kappa shape index (κ1) is 16.1. The molecule has 0 heterocycles. The van der Waals surface area contributed by atoms with Crippen molar-refractivity contribution in [3.05, 3.63) is 58.7 Å². The molecule has 0 spiro atoms. The lowest BCUT2D eigenvalue weighted by Crippen LogP contribution is -2.06. The van der Waals surface area contributed by atoms with Crippen LogP contribution in [0.4, 0.5) is 0 Å². The third-order valence-electron chi connectivity index (χ3n) is 3.82. The van der Waals surface area contributed by atoms with Crippen LogP contribution in [0.5, 0.6) is 11.5 Å². The Kier molecular flexibility index (Phi) is 4.55. The number of para-hydroxylation sites is 1. The van der Waals surface area contributed by atoms with Gasteiger partial charge in [-0.05, 0) is 47.2 Å². The molecule has 0 radical (unpaired) electrons. The van der Waals surface area contributed by atoms with Crippen LogP contribution < -0.4 is 0 Å². The van der Waals surface area contributed by atoms with Crippen molar-refractivity contribution in [3.63, 3.8) is 0 Å². The Morgan fingerprint density at radius 1 is 0.909 bits per heavy atom. The highest BCUT2D eigenvalue weighted by molar-refractivity contribution is 6.11. The smallest absolute Gasteiger partial charge is 0.196 e. The first-order chi connectivity index (χ1) is 10.3. The van der Waals surface area contributed by atoms with Gasteiger partial charge in [-0.1, -0.05) is 39.8 Å².